The number of thioether (sulfide) groups is 1. The summed E-state index contributed by atoms with van der Waals surface area (Å²) in [6.07, 6.45) is 0. The molecule has 0 bridgehead atoms. The zero-order valence-electron chi connectivity index (χ0n) is 14.7. The Hall–Kier alpha value is -2.64. The molecule has 7 heteroatoms. The van der Waals surface area contributed by atoms with Crippen molar-refractivity contribution < 1.29 is 13.9 Å². The highest BCUT2D eigenvalue weighted by atomic mass is 32.2. The Kier molecular flexibility index (Phi) is 5.50. The van der Waals surface area contributed by atoms with E-state index in [2.05, 4.69) is 10.2 Å². The van der Waals surface area contributed by atoms with Gasteiger partial charge in [0, 0.05) is 18.7 Å². The molecule has 0 unspecified atom stereocenters. The number of morpholine rings is 1. The van der Waals surface area contributed by atoms with Crippen LogP contribution >= 0.6 is 11.8 Å². The Morgan fingerprint density at radius 1 is 1.00 bits per heavy atom. The summed E-state index contributed by atoms with van der Waals surface area (Å²) < 4.78 is 11.0. The fraction of sp³-hybridized carbons (Fsp3) is 0.250. The second-order valence-electron chi connectivity index (χ2n) is 6.08. The lowest BCUT2D eigenvalue weighted by Crippen LogP contribution is -2.40. The maximum Gasteiger partial charge on any atom is 0.289 e. The first-order valence-corrected chi connectivity index (χ1v) is 9.76. The molecule has 0 N–H and O–H groups in total. The third-order valence-electron chi connectivity index (χ3n) is 4.24. The summed E-state index contributed by atoms with van der Waals surface area (Å²) in [5, 5.41) is 9.36. The fourth-order valence-corrected chi connectivity index (χ4v) is 3.51. The third-order valence-corrected chi connectivity index (χ3v) is 5.19. The van der Waals surface area contributed by atoms with Gasteiger partial charge < -0.3 is 14.1 Å². The Balaban J connectivity index is 1.35. The van der Waals surface area contributed by atoms with Crippen molar-refractivity contribution in [3.05, 3.63) is 66.1 Å². The highest BCUT2D eigenvalue weighted by Gasteiger charge is 2.21. The van der Waals surface area contributed by atoms with E-state index in [4.69, 9.17) is 9.15 Å². The number of hydrogen-bond acceptors (Lipinski definition) is 6. The Morgan fingerprint density at radius 3 is 2.56 bits per heavy atom. The van der Waals surface area contributed by atoms with Crippen molar-refractivity contribution in [2.75, 3.05) is 26.3 Å². The summed E-state index contributed by atoms with van der Waals surface area (Å²) in [7, 11) is 0. The van der Waals surface area contributed by atoms with Gasteiger partial charge >= 0.3 is 0 Å². The molecule has 1 amide bonds. The first kappa shape index (κ1) is 17.8. The standard InChI is InChI=1S/C20H19N3O3S/c24-20(23-10-12-25-13-11-23)18-8-6-16(26-18)14-27-19-9-7-17(21-22-19)15-4-2-1-3-5-15/h1-9H,10-14H2. The molecule has 1 aliphatic heterocycles. The van der Waals surface area contributed by atoms with Gasteiger partial charge in [0.15, 0.2) is 5.76 Å². The second-order valence-corrected chi connectivity index (χ2v) is 7.08. The molecule has 0 atom stereocenters. The van der Waals surface area contributed by atoms with E-state index < -0.39 is 0 Å². The molecule has 138 valence electrons. The number of carbonyl (C=O) groups excluding carboxylic acids is 1. The van der Waals surface area contributed by atoms with Gasteiger partial charge in [0.2, 0.25) is 0 Å². The molecule has 3 aromatic rings. The minimum absolute atomic E-state index is 0.0819. The molecule has 0 spiro atoms. The quantitative estimate of drug-likeness (QED) is 0.630. The lowest BCUT2D eigenvalue weighted by atomic mass is 10.1. The molecule has 6 nitrogen and oxygen atoms in total. The maximum absolute atomic E-state index is 12.4. The van der Waals surface area contributed by atoms with Gasteiger partial charge in [-0.1, -0.05) is 42.1 Å². The van der Waals surface area contributed by atoms with Gasteiger partial charge in [0.25, 0.3) is 5.91 Å². The molecule has 1 aliphatic rings. The van der Waals surface area contributed by atoms with Crippen LogP contribution in [0.5, 0.6) is 0 Å². The van der Waals surface area contributed by atoms with E-state index in [1.54, 1.807) is 11.0 Å². The molecule has 2 aromatic heterocycles. The van der Waals surface area contributed by atoms with E-state index in [0.717, 1.165) is 22.0 Å². The topological polar surface area (TPSA) is 68.5 Å². The molecule has 1 fully saturated rings. The Morgan fingerprint density at radius 2 is 1.81 bits per heavy atom. The maximum atomic E-state index is 12.4. The molecular formula is C20H19N3O3S. The number of aromatic nitrogens is 2. The van der Waals surface area contributed by atoms with Crippen LogP contribution in [0.2, 0.25) is 0 Å². The molecule has 3 heterocycles. The number of ether oxygens (including phenoxy) is 1. The highest BCUT2D eigenvalue weighted by molar-refractivity contribution is 7.98. The van der Waals surface area contributed by atoms with Crippen LogP contribution in [0.1, 0.15) is 16.3 Å². The second kappa shape index (κ2) is 8.37. The largest absolute Gasteiger partial charge is 0.455 e. The van der Waals surface area contributed by atoms with Crippen LogP contribution in [-0.2, 0) is 10.5 Å². The van der Waals surface area contributed by atoms with Crippen LogP contribution in [-0.4, -0.2) is 47.3 Å². The van der Waals surface area contributed by atoms with Gasteiger partial charge in [-0.15, -0.1) is 10.2 Å². The molecule has 4 rings (SSSR count). The van der Waals surface area contributed by atoms with Crippen LogP contribution < -0.4 is 0 Å². The van der Waals surface area contributed by atoms with Crippen molar-refractivity contribution in [1.29, 1.82) is 0 Å². The van der Waals surface area contributed by atoms with Crippen molar-refractivity contribution in [3.8, 4) is 11.3 Å². The Labute approximate surface area is 161 Å². The van der Waals surface area contributed by atoms with Crippen LogP contribution in [0.4, 0.5) is 0 Å². The normalized spacial score (nSPS) is 14.3. The fourth-order valence-electron chi connectivity index (χ4n) is 2.80. The van der Waals surface area contributed by atoms with E-state index in [0.29, 0.717) is 37.8 Å². The van der Waals surface area contributed by atoms with E-state index >= 15 is 0 Å². The van der Waals surface area contributed by atoms with E-state index in [1.807, 2.05) is 48.5 Å². The summed E-state index contributed by atoms with van der Waals surface area (Å²) in [5.74, 6) is 1.63. The number of carbonyl (C=O) groups is 1. The minimum atomic E-state index is -0.0819. The van der Waals surface area contributed by atoms with Crippen molar-refractivity contribution in [1.82, 2.24) is 15.1 Å². The number of hydrogen-bond donors (Lipinski definition) is 0. The molecular weight excluding hydrogens is 362 g/mol. The van der Waals surface area contributed by atoms with Gasteiger partial charge in [-0.05, 0) is 24.3 Å². The summed E-state index contributed by atoms with van der Waals surface area (Å²) >= 11 is 1.53. The number of rotatable bonds is 5. The van der Waals surface area contributed by atoms with Crippen LogP contribution in [0.25, 0.3) is 11.3 Å². The van der Waals surface area contributed by atoms with E-state index in [1.165, 1.54) is 11.8 Å². The van der Waals surface area contributed by atoms with Gasteiger partial charge in [-0.3, -0.25) is 4.79 Å². The van der Waals surface area contributed by atoms with Gasteiger partial charge in [-0.2, -0.15) is 0 Å². The average Bonchev–Trinajstić information content (AvgIpc) is 3.22. The SMILES string of the molecule is O=C(c1ccc(CSc2ccc(-c3ccccc3)nn2)o1)N1CCOCC1. The third kappa shape index (κ3) is 4.37. The summed E-state index contributed by atoms with van der Waals surface area (Å²) in [6, 6.07) is 17.4. The predicted octanol–water partition coefficient (Wildman–Crippen LogP) is 3.50. The number of furan rings is 1. The number of benzene rings is 1. The van der Waals surface area contributed by atoms with Crippen LogP contribution in [0.15, 0.2) is 64.0 Å². The molecule has 0 radical (unpaired) electrons. The first-order valence-electron chi connectivity index (χ1n) is 8.77. The smallest absolute Gasteiger partial charge is 0.289 e. The average molecular weight is 381 g/mol. The summed E-state index contributed by atoms with van der Waals surface area (Å²) in [6.45, 7) is 2.36. The van der Waals surface area contributed by atoms with Crippen molar-refractivity contribution in [3.63, 3.8) is 0 Å². The highest BCUT2D eigenvalue weighted by Crippen LogP contribution is 2.24. The van der Waals surface area contributed by atoms with Crippen LogP contribution in [0.3, 0.4) is 0 Å². The van der Waals surface area contributed by atoms with Crippen molar-refractivity contribution in [2.24, 2.45) is 0 Å². The van der Waals surface area contributed by atoms with Crippen molar-refractivity contribution >= 4 is 17.7 Å². The number of amides is 1. The first-order chi connectivity index (χ1) is 13.3. The minimum Gasteiger partial charge on any atom is -0.455 e. The zero-order valence-corrected chi connectivity index (χ0v) is 15.5. The summed E-state index contributed by atoms with van der Waals surface area (Å²) in [4.78, 5) is 14.2. The monoisotopic (exact) mass is 381 g/mol. The molecule has 0 saturated carbocycles. The molecule has 0 aliphatic carbocycles. The summed E-state index contributed by atoms with van der Waals surface area (Å²) in [5.41, 5.74) is 1.88. The Bertz CT molecular complexity index is 890. The molecule has 1 saturated heterocycles. The van der Waals surface area contributed by atoms with Gasteiger partial charge in [0.1, 0.15) is 10.8 Å². The predicted molar refractivity (Wildman–Crippen MR) is 102 cm³/mol. The van der Waals surface area contributed by atoms with Gasteiger partial charge in [0.05, 0.1) is 24.7 Å². The lowest BCUT2D eigenvalue weighted by molar-refractivity contribution is 0.0282. The van der Waals surface area contributed by atoms with Crippen LogP contribution in [0, 0.1) is 0 Å². The van der Waals surface area contributed by atoms with Crippen molar-refractivity contribution in [2.45, 2.75) is 10.8 Å². The van der Waals surface area contributed by atoms with E-state index in [-0.39, 0.29) is 5.91 Å². The molecule has 27 heavy (non-hydrogen) atoms. The van der Waals surface area contributed by atoms with E-state index in [9.17, 15) is 4.79 Å². The number of nitrogens with zero attached hydrogens (tertiary/aromatic N) is 3. The zero-order chi connectivity index (χ0) is 18.5. The lowest BCUT2D eigenvalue weighted by Gasteiger charge is -2.25. The molecule has 1 aromatic carbocycles. The van der Waals surface area contributed by atoms with Gasteiger partial charge in [-0.25, -0.2) is 0 Å².